The number of aliphatic hydroxyl groups excluding tert-OH is 1. The molecule has 0 rings (SSSR count). The number of hydrogen-bond donors (Lipinski definition) is 2. The molecule has 0 aromatic heterocycles. The summed E-state index contributed by atoms with van der Waals surface area (Å²) in [4.78, 5) is 10.7. The van der Waals surface area contributed by atoms with Crippen molar-refractivity contribution in [3.63, 3.8) is 0 Å². The van der Waals surface area contributed by atoms with Gasteiger partial charge >= 0.3 is 0 Å². The highest BCUT2D eigenvalue weighted by atomic mass is 31.0. The summed E-state index contributed by atoms with van der Waals surface area (Å²) < 4.78 is 4.26. The second-order valence-electron chi connectivity index (χ2n) is 2.24. The topological polar surface area (TPSA) is 58.6 Å². The smallest absolute Gasteiger partial charge is 0.272 e. The summed E-state index contributed by atoms with van der Waals surface area (Å²) in [5, 5.41) is 9.08. The largest absolute Gasteiger partial charge is 0.383 e. The quantitative estimate of drug-likeness (QED) is 0.473. The standard InChI is InChI=1S/C6H14NO3P/c1-2-3-4-5(8)6(9)7-10-11/h5,8H,2-4,11H2,1H3,(H,7,9). The van der Waals surface area contributed by atoms with E-state index in [0.29, 0.717) is 6.42 Å². The van der Waals surface area contributed by atoms with Crippen molar-refractivity contribution < 1.29 is 14.5 Å². The van der Waals surface area contributed by atoms with Gasteiger partial charge in [0.15, 0.2) is 0 Å². The van der Waals surface area contributed by atoms with Gasteiger partial charge in [-0.05, 0) is 6.42 Å². The Balaban J connectivity index is 3.46. The molecule has 2 atom stereocenters. The van der Waals surface area contributed by atoms with E-state index in [2.05, 4.69) is 4.62 Å². The molecule has 0 fully saturated rings. The summed E-state index contributed by atoms with van der Waals surface area (Å²) in [5.74, 6) is -0.492. The number of unbranched alkanes of at least 4 members (excludes halogenated alkanes) is 1. The van der Waals surface area contributed by atoms with E-state index in [-0.39, 0.29) is 0 Å². The van der Waals surface area contributed by atoms with Crippen LogP contribution in [0.5, 0.6) is 0 Å². The lowest BCUT2D eigenvalue weighted by Gasteiger charge is -2.07. The van der Waals surface area contributed by atoms with Crippen LogP contribution < -0.4 is 5.48 Å². The van der Waals surface area contributed by atoms with Crippen molar-refractivity contribution >= 4 is 15.4 Å². The number of carbonyl (C=O) groups excluding carboxylic acids is 1. The molecule has 0 aliphatic rings. The van der Waals surface area contributed by atoms with Gasteiger partial charge in [0.05, 0.1) is 0 Å². The van der Waals surface area contributed by atoms with Gasteiger partial charge in [0.1, 0.15) is 6.10 Å². The van der Waals surface area contributed by atoms with Crippen molar-refractivity contribution in [1.82, 2.24) is 5.48 Å². The Bertz CT molecular complexity index is 120. The van der Waals surface area contributed by atoms with Crippen molar-refractivity contribution in [2.24, 2.45) is 0 Å². The Hall–Kier alpha value is -0.180. The van der Waals surface area contributed by atoms with E-state index in [1.165, 1.54) is 0 Å². The van der Waals surface area contributed by atoms with E-state index in [4.69, 9.17) is 5.11 Å². The lowest BCUT2D eigenvalue weighted by Crippen LogP contribution is -2.32. The molecule has 0 aromatic carbocycles. The molecular weight excluding hydrogens is 165 g/mol. The molecule has 4 nitrogen and oxygen atoms in total. The SMILES string of the molecule is CCCCC(O)C(=O)NOP. The Morgan fingerprint density at radius 2 is 2.45 bits per heavy atom. The molecule has 0 saturated heterocycles. The van der Waals surface area contributed by atoms with Gasteiger partial charge in [0, 0.05) is 9.47 Å². The molecule has 2 N–H and O–H groups in total. The van der Waals surface area contributed by atoms with Crippen LogP contribution >= 0.6 is 9.47 Å². The summed E-state index contributed by atoms with van der Waals surface area (Å²) >= 11 is 0. The van der Waals surface area contributed by atoms with E-state index >= 15 is 0 Å². The van der Waals surface area contributed by atoms with Crippen LogP contribution in [0.1, 0.15) is 26.2 Å². The van der Waals surface area contributed by atoms with E-state index in [9.17, 15) is 4.79 Å². The van der Waals surface area contributed by atoms with Crippen molar-refractivity contribution in [2.45, 2.75) is 32.3 Å². The first kappa shape index (κ1) is 10.8. The number of carbonyl (C=O) groups is 1. The molecule has 5 heteroatoms. The zero-order valence-electron chi connectivity index (χ0n) is 6.54. The van der Waals surface area contributed by atoms with Crippen LogP contribution in [0.3, 0.4) is 0 Å². The van der Waals surface area contributed by atoms with Crippen LogP contribution in [0.2, 0.25) is 0 Å². The van der Waals surface area contributed by atoms with Crippen LogP contribution in [0.25, 0.3) is 0 Å². The van der Waals surface area contributed by atoms with Crippen molar-refractivity contribution in [1.29, 1.82) is 0 Å². The summed E-state index contributed by atoms with van der Waals surface area (Å²) in [6.45, 7) is 2.00. The lowest BCUT2D eigenvalue weighted by atomic mass is 10.1. The second-order valence-corrected chi connectivity index (χ2v) is 2.48. The minimum Gasteiger partial charge on any atom is -0.383 e. The Morgan fingerprint density at radius 3 is 2.91 bits per heavy atom. The molecule has 0 saturated carbocycles. The van der Waals surface area contributed by atoms with Crippen LogP contribution in [0, 0.1) is 0 Å². The molecule has 0 aliphatic carbocycles. The highest BCUT2D eigenvalue weighted by Crippen LogP contribution is 2.00. The fraction of sp³-hybridized carbons (Fsp3) is 0.833. The molecule has 1 amide bonds. The molecule has 0 heterocycles. The number of amides is 1. The molecule has 0 spiro atoms. The molecule has 2 unspecified atom stereocenters. The molecule has 0 aliphatic heterocycles. The number of rotatable bonds is 5. The van der Waals surface area contributed by atoms with Crippen molar-refractivity contribution in [3.8, 4) is 0 Å². The third-order valence-electron chi connectivity index (χ3n) is 1.29. The highest BCUT2D eigenvalue weighted by molar-refractivity contribution is 7.09. The Labute approximate surface area is 68.6 Å². The maximum Gasteiger partial charge on any atom is 0.272 e. The minimum absolute atomic E-state index is 0.482. The summed E-state index contributed by atoms with van der Waals surface area (Å²) in [7, 11) is 1.87. The predicted octanol–water partition coefficient (Wildman–Crippen LogP) is 0.375. The van der Waals surface area contributed by atoms with Crippen LogP contribution in [0.15, 0.2) is 0 Å². The van der Waals surface area contributed by atoms with Crippen molar-refractivity contribution in [2.75, 3.05) is 0 Å². The van der Waals surface area contributed by atoms with Gasteiger partial charge in [0.25, 0.3) is 5.91 Å². The fourth-order valence-corrected chi connectivity index (χ4v) is 0.771. The monoisotopic (exact) mass is 179 g/mol. The summed E-state index contributed by atoms with van der Waals surface area (Å²) in [6.07, 6.45) is 1.34. The maximum atomic E-state index is 10.7. The first-order valence-electron chi connectivity index (χ1n) is 3.56. The molecule has 0 aromatic rings. The van der Waals surface area contributed by atoms with Gasteiger partial charge < -0.3 is 5.11 Å². The molecule has 0 bridgehead atoms. The Morgan fingerprint density at radius 1 is 1.82 bits per heavy atom. The van der Waals surface area contributed by atoms with E-state index in [1.807, 2.05) is 21.9 Å². The number of hydroxylamine groups is 1. The summed E-state index contributed by atoms with van der Waals surface area (Å²) in [5.41, 5.74) is 2.03. The third-order valence-corrected chi connectivity index (χ3v) is 1.41. The van der Waals surface area contributed by atoms with Crippen LogP contribution in [0.4, 0.5) is 0 Å². The third kappa shape index (κ3) is 5.13. The van der Waals surface area contributed by atoms with E-state index < -0.39 is 12.0 Å². The van der Waals surface area contributed by atoms with Gasteiger partial charge in [-0.1, -0.05) is 19.8 Å². The van der Waals surface area contributed by atoms with Gasteiger partial charge in [0.2, 0.25) is 0 Å². The number of hydrogen-bond acceptors (Lipinski definition) is 3. The van der Waals surface area contributed by atoms with Crippen LogP contribution in [-0.2, 0) is 9.42 Å². The van der Waals surface area contributed by atoms with Gasteiger partial charge in [-0.3, -0.25) is 9.42 Å². The normalized spacial score (nSPS) is 12.6. The van der Waals surface area contributed by atoms with Gasteiger partial charge in [-0.2, -0.15) is 0 Å². The van der Waals surface area contributed by atoms with Gasteiger partial charge in [-0.15, -0.1) is 0 Å². The van der Waals surface area contributed by atoms with E-state index in [0.717, 1.165) is 12.8 Å². The number of aliphatic hydroxyl groups is 1. The van der Waals surface area contributed by atoms with Crippen LogP contribution in [-0.4, -0.2) is 17.1 Å². The average Bonchev–Trinajstić information content (AvgIpc) is 2.00. The van der Waals surface area contributed by atoms with Gasteiger partial charge in [-0.25, -0.2) is 5.48 Å². The summed E-state index contributed by atoms with van der Waals surface area (Å²) in [6, 6.07) is 0. The average molecular weight is 179 g/mol. The first-order chi connectivity index (χ1) is 5.22. The minimum atomic E-state index is -0.949. The predicted molar refractivity (Wildman–Crippen MR) is 44.5 cm³/mol. The fourth-order valence-electron chi connectivity index (χ4n) is 0.655. The molecule has 66 valence electrons. The molecule has 11 heavy (non-hydrogen) atoms. The lowest BCUT2D eigenvalue weighted by molar-refractivity contribution is -0.136. The zero-order chi connectivity index (χ0) is 8.69. The zero-order valence-corrected chi connectivity index (χ0v) is 7.69. The van der Waals surface area contributed by atoms with E-state index in [1.54, 1.807) is 0 Å². The Kier molecular flexibility index (Phi) is 6.42. The molecule has 0 radical (unpaired) electrons. The number of nitrogens with one attached hydrogen (secondary N) is 1. The highest BCUT2D eigenvalue weighted by Gasteiger charge is 2.12. The maximum absolute atomic E-state index is 10.7. The van der Waals surface area contributed by atoms with Crippen molar-refractivity contribution in [3.05, 3.63) is 0 Å². The second kappa shape index (κ2) is 6.53. The first-order valence-corrected chi connectivity index (χ1v) is 4.03. The molecular formula is C6H14NO3P.